The molecule has 25 heavy (non-hydrogen) atoms. The van der Waals surface area contributed by atoms with Crippen molar-refractivity contribution in [2.75, 3.05) is 11.4 Å². The second kappa shape index (κ2) is 7.14. The quantitative estimate of drug-likeness (QED) is 0.410. The number of hydrazine groups is 1. The van der Waals surface area contributed by atoms with Crippen LogP contribution in [0.25, 0.3) is 10.9 Å². The fraction of sp³-hybridized carbons (Fsp3) is 0.167. The van der Waals surface area contributed by atoms with E-state index >= 15 is 0 Å². The number of anilines is 1. The van der Waals surface area contributed by atoms with Gasteiger partial charge in [-0.1, -0.05) is 30.3 Å². The molecule has 1 heterocycles. The molecule has 0 saturated carbocycles. The monoisotopic (exact) mass is 337 g/mol. The summed E-state index contributed by atoms with van der Waals surface area (Å²) in [5.74, 6) is 5.47. The summed E-state index contributed by atoms with van der Waals surface area (Å²) in [6.45, 7) is 0.358. The third-order valence-electron chi connectivity index (χ3n) is 4.02. The molecule has 3 rings (SSSR count). The van der Waals surface area contributed by atoms with Gasteiger partial charge >= 0.3 is 0 Å². The number of fused-ring (bicyclic) bond motifs is 1. The van der Waals surface area contributed by atoms with Crippen LogP contribution in [0.5, 0.6) is 0 Å². The maximum atomic E-state index is 12.6. The van der Waals surface area contributed by atoms with Crippen LogP contribution in [0.15, 0.2) is 59.4 Å². The molecule has 2 aromatic carbocycles. The average molecular weight is 337 g/mol. The lowest BCUT2D eigenvalue weighted by Gasteiger charge is -2.24. The Morgan fingerprint density at radius 2 is 1.84 bits per heavy atom. The summed E-state index contributed by atoms with van der Waals surface area (Å²) in [5, 5.41) is 0.569. The van der Waals surface area contributed by atoms with Gasteiger partial charge in [-0.2, -0.15) is 0 Å². The summed E-state index contributed by atoms with van der Waals surface area (Å²) >= 11 is 0. The number of nitrogens with zero attached hydrogens (tertiary/aromatic N) is 3. The van der Waals surface area contributed by atoms with Gasteiger partial charge in [0.25, 0.3) is 11.5 Å². The van der Waals surface area contributed by atoms with Gasteiger partial charge in [0.1, 0.15) is 5.82 Å². The minimum absolute atomic E-state index is 0.0587. The lowest BCUT2D eigenvalue weighted by Crippen LogP contribution is -2.41. The molecule has 7 heteroatoms. The van der Waals surface area contributed by atoms with Gasteiger partial charge in [0.05, 0.1) is 24.0 Å². The number of nitrogens with two attached hydrogens (primary N) is 1. The van der Waals surface area contributed by atoms with Crippen molar-refractivity contribution >= 4 is 22.5 Å². The topological polar surface area (TPSA) is 93.2 Å². The molecule has 0 saturated heterocycles. The minimum atomic E-state index is -0.324. The van der Waals surface area contributed by atoms with Crippen LogP contribution < -0.4 is 21.7 Å². The van der Waals surface area contributed by atoms with Crippen LogP contribution in [-0.2, 0) is 18.4 Å². The first-order valence-electron chi connectivity index (χ1n) is 7.84. The number of aromatic nitrogens is 2. The standard InChI is InChI=1S/C18H19N5O2/c1-22-16(20-15-10-6-5-9-14(15)18(22)25)11-23(12-17(24)21-19)13-7-3-2-4-8-13/h2-10H,11-12,19H2,1H3,(H,21,24). The molecular weight excluding hydrogens is 318 g/mol. The lowest BCUT2D eigenvalue weighted by molar-refractivity contribution is -0.119. The second-order valence-corrected chi connectivity index (χ2v) is 5.67. The fourth-order valence-corrected chi connectivity index (χ4v) is 2.67. The Labute approximate surface area is 144 Å². The molecule has 0 aliphatic rings. The van der Waals surface area contributed by atoms with E-state index in [9.17, 15) is 9.59 Å². The Morgan fingerprint density at radius 3 is 2.56 bits per heavy atom. The Bertz CT molecular complexity index is 953. The third-order valence-corrected chi connectivity index (χ3v) is 4.02. The Morgan fingerprint density at radius 1 is 1.16 bits per heavy atom. The molecule has 3 aromatic rings. The van der Waals surface area contributed by atoms with Crippen molar-refractivity contribution in [2.24, 2.45) is 12.9 Å². The van der Waals surface area contributed by atoms with E-state index in [1.807, 2.05) is 47.4 Å². The molecule has 0 spiro atoms. The van der Waals surface area contributed by atoms with Crippen molar-refractivity contribution in [1.82, 2.24) is 15.0 Å². The summed E-state index contributed by atoms with van der Waals surface area (Å²) < 4.78 is 1.51. The van der Waals surface area contributed by atoms with Gasteiger partial charge in [0.15, 0.2) is 0 Å². The first kappa shape index (κ1) is 16.7. The molecule has 0 atom stereocenters. The molecule has 0 radical (unpaired) electrons. The smallest absolute Gasteiger partial charge is 0.261 e. The fourth-order valence-electron chi connectivity index (χ4n) is 2.67. The van der Waals surface area contributed by atoms with Crippen LogP contribution in [0.3, 0.4) is 0 Å². The van der Waals surface area contributed by atoms with Crippen LogP contribution in [0.2, 0.25) is 0 Å². The SMILES string of the molecule is Cn1c(CN(CC(=O)NN)c2ccccc2)nc2ccccc2c1=O. The van der Waals surface area contributed by atoms with Gasteiger partial charge < -0.3 is 4.90 Å². The molecule has 128 valence electrons. The van der Waals surface area contributed by atoms with Crippen LogP contribution >= 0.6 is 0 Å². The van der Waals surface area contributed by atoms with Gasteiger partial charge in [0, 0.05) is 12.7 Å². The molecule has 3 N–H and O–H groups in total. The molecule has 0 aliphatic carbocycles. The maximum Gasteiger partial charge on any atom is 0.261 e. The second-order valence-electron chi connectivity index (χ2n) is 5.67. The number of rotatable bonds is 5. The van der Waals surface area contributed by atoms with E-state index in [1.165, 1.54) is 4.57 Å². The highest BCUT2D eigenvalue weighted by Crippen LogP contribution is 2.16. The van der Waals surface area contributed by atoms with Crippen molar-refractivity contribution in [1.29, 1.82) is 0 Å². The van der Waals surface area contributed by atoms with Crippen LogP contribution in [0.1, 0.15) is 5.82 Å². The summed E-state index contributed by atoms with van der Waals surface area (Å²) in [6, 6.07) is 16.7. The Balaban J connectivity index is 2.02. The molecule has 1 amide bonds. The zero-order valence-electron chi connectivity index (χ0n) is 13.8. The van der Waals surface area contributed by atoms with E-state index < -0.39 is 0 Å². The van der Waals surface area contributed by atoms with Crippen molar-refractivity contribution in [3.8, 4) is 0 Å². The number of amides is 1. The zero-order chi connectivity index (χ0) is 17.8. The number of hydrogen-bond donors (Lipinski definition) is 2. The minimum Gasteiger partial charge on any atom is -0.355 e. The predicted molar refractivity (Wildman–Crippen MR) is 96.8 cm³/mol. The van der Waals surface area contributed by atoms with E-state index in [1.54, 1.807) is 19.2 Å². The van der Waals surface area contributed by atoms with Crippen molar-refractivity contribution in [2.45, 2.75) is 6.54 Å². The summed E-state index contributed by atoms with van der Waals surface area (Å²) in [4.78, 5) is 30.7. The lowest BCUT2D eigenvalue weighted by atomic mass is 10.2. The van der Waals surface area contributed by atoms with Gasteiger partial charge in [0.2, 0.25) is 0 Å². The first-order chi connectivity index (χ1) is 12.1. The average Bonchev–Trinajstić information content (AvgIpc) is 2.65. The molecule has 0 bridgehead atoms. The number of carbonyl (C=O) groups is 1. The highest BCUT2D eigenvalue weighted by atomic mass is 16.2. The molecule has 0 aliphatic heterocycles. The van der Waals surface area contributed by atoms with Crippen LogP contribution in [-0.4, -0.2) is 22.0 Å². The molecule has 7 nitrogen and oxygen atoms in total. The molecule has 1 aromatic heterocycles. The summed E-state index contributed by atoms with van der Waals surface area (Å²) in [5.41, 5.74) is 3.50. The van der Waals surface area contributed by atoms with Crippen LogP contribution in [0, 0.1) is 0 Å². The number of benzene rings is 2. The Kier molecular flexibility index (Phi) is 4.76. The normalized spacial score (nSPS) is 10.6. The van der Waals surface area contributed by atoms with Gasteiger partial charge in [-0.3, -0.25) is 19.6 Å². The molecule has 0 fully saturated rings. The summed E-state index contributed by atoms with van der Waals surface area (Å²) in [6.07, 6.45) is 0. The third kappa shape index (κ3) is 3.51. The van der Waals surface area contributed by atoms with E-state index in [2.05, 4.69) is 10.4 Å². The Hall–Kier alpha value is -3.19. The maximum absolute atomic E-state index is 12.6. The highest BCUT2D eigenvalue weighted by molar-refractivity contribution is 5.81. The van der Waals surface area contributed by atoms with Gasteiger partial charge in [-0.05, 0) is 24.3 Å². The largest absolute Gasteiger partial charge is 0.355 e. The number of para-hydroxylation sites is 2. The highest BCUT2D eigenvalue weighted by Gasteiger charge is 2.15. The number of carbonyl (C=O) groups excluding carboxylic acids is 1. The predicted octanol–water partition coefficient (Wildman–Crippen LogP) is 0.930. The van der Waals surface area contributed by atoms with Gasteiger partial charge in [-0.25, -0.2) is 10.8 Å². The van der Waals surface area contributed by atoms with E-state index in [-0.39, 0.29) is 18.0 Å². The summed E-state index contributed by atoms with van der Waals surface area (Å²) in [7, 11) is 1.68. The van der Waals surface area contributed by atoms with Crippen LogP contribution in [0.4, 0.5) is 5.69 Å². The molecule has 0 unspecified atom stereocenters. The zero-order valence-corrected chi connectivity index (χ0v) is 13.8. The number of nitrogens with one attached hydrogen (secondary N) is 1. The van der Waals surface area contributed by atoms with Crippen molar-refractivity contribution in [3.05, 3.63) is 70.8 Å². The van der Waals surface area contributed by atoms with Crippen molar-refractivity contribution in [3.63, 3.8) is 0 Å². The molecular formula is C18H19N5O2. The van der Waals surface area contributed by atoms with E-state index in [0.717, 1.165) is 5.69 Å². The first-order valence-corrected chi connectivity index (χ1v) is 7.84. The van der Waals surface area contributed by atoms with E-state index in [4.69, 9.17) is 5.84 Å². The van der Waals surface area contributed by atoms with E-state index in [0.29, 0.717) is 23.3 Å². The van der Waals surface area contributed by atoms with Gasteiger partial charge in [-0.15, -0.1) is 0 Å². The number of hydrogen-bond acceptors (Lipinski definition) is 5. The van der Waals surface area contributed by atoms with Crippen molar-refractivity contribution < 1.29 is 4.79 Å².